The molecule has 5 nitrogen and oxygen atoms in total. The van der Waals surface area contributed by atoms with E-state index in [9.17, 15) is 17.6 Å². The molecule has 1 unspecified atom stereocenters. The maximum Gasteiger partial charge on any atom is 0.226 e. The highest BCUT2D eigenvalue weighted by atomic mass is 127. The largest absolute Gasteiger partial charge is 0.325 e. The first-order valence-electron chi connectivity index (χ1n) is 6.04. The summed E-state index contributed by atoms with van der Waals surface area (Å²) in [5.74, 6) is -0.571. The second-order valence-electron chi connectivity index (χ2n) is 4.64. The van der Waals surface area contributed by atoms with Gasteiger partial charge < -0.3 is 10.6 Å². The number of amides is 1. The Balaban J connectivity index is 1.95. The van der Waals surface area contributed by atoms with Gasteiger partial charge in [-0.1, -0.05) is 0 Å². The van der Waals surface area contributed by atoms with Gasteiger partial charge in [0.25, 0.3) is 0 Å². The van der Waals surface area contributed by atoms with Gasteiger partial charge in [0.05, 0.1) is 17.2 Å². The van der Waals surface area contributed by atoms with Crippen molar-refractivity contribution in [3.05, 3.63) is 27.6 Å². The van der Waals surface area contributed by atoms with Gasteiger partial charge in [0.15, 0.2) is 9.84 Å². The van der Waals surface area contributed by atoms with E-state index >= 15 is 0 Å². The minimum Gasteiger partial charge on any atom is -0.325 e. The van der Waals surface area contributed by atoms with Gasteiger partial charge in [0.2, 0.25) is 5.91 Å². The molecule has 0 radical (unpaired) electrons. The molecule has 0 saturated carbocycles. The third kappa shape index (κ3) is 4.38. The van der Waals surface area contributed by atoms with Gasteiger partial charge in [0, 0.05) is 22.6 Å². The van der Waals surface area contributed by atoms with Crippen LogP contribution in [-0.4, -0.2) is 38.4 Å². The lowest BCUT2D eigenvalue weighted by molar-refractivity contribution is -0.116. The molecule has 0 bridgehead atoms. The molecular weight excluding hydrogens is 398 g/mol. The molecule has 1 amide bonds. The minimum absolute atomic E-state index is 0.0269. The zero-order valence-corrected chi connectivity index (χ0v) is 13.5. The van der Waals surface area contributed by atoms with Crippen molar-refractivity contribution in [3.8, 4) is 0 Å². The lowest BCUT2D eigenvalue weighted by Crippen LogP contribution is -2.46. The van der Waals surface area contributed by atoms with E-state index in [1.165, 1.54) is 18.2 Å². The summed E-state index contributed by atoms with van der Waals surface area (Å²) in [4.78, 5) is 11.9. The maximum atomic E-state index is 12.9. The molecule has 2 rings (SSSR count). The van der Waals surface area contributed by atoms with Gasteiger partial charge >= 0.3 is 0 Å². The third-order valence-electron chi connectivity index (χ3n) is 2.94. The number of sulfone groups is 1. The fraction of sp³-hybridized carbons (Fsp3) is 0.417. The summed E-state index contributed by atoms with van der Waals surface area (Å²) >= 11 is 1.93. The number of rotatable bonds is 3. The van der Waals surface area contributed by atoms with Crippen LogP contribution in [0.2, 0.25) is 0 Å². The molecule has 8 heteroatoms. The molecule has 1 aliphatic heterocycles. The highest BCUT2D eigenvalue weighted by Gasteiger charge is 2.26. The lowest BCUT2D eigenvalue weighted by Gasteiger charge is -2.23. The molecule has 1 saturated heterocycles. The van der Waals surface area contributed by atoms with Crippen molar-refractivity contribution in [2.45, 2.75) is 12.5 Å². The Kier molecular flexibility index (Phi) is 4.97. The van der Waals surface area contributed by atoms with Gasteiger partial charge in [-0.05, 0) is 40.8 Å². The predicted molar refractivity (Wildman–Crippen MR) is 82.8 cm³/mol. The van der Waals surface area contributed by atoms with Crippen LogP contribution in [0.5, 0.6) is 0 Å². The molecule has 1 heterocycles. The third-order valence-corrected chi connectivity index (χ3v) is 5.57. The molecule has 2 N–H and O–H groups in total. The van der Waals surface area contributed by atoms with Crippen molar-refractivity contribution in [1.29, 1.82) is 0 Å². The number of hydrogen-bond donors (Lipinski definition) is 2. The summed E-state index contributed by atoms with van der Waals surface area (Å²) in [5, 5.41) is 5.68. The monoisotopic (exact) mass is 412 g/mol. The van der Waals surface area contributed by atoms with E-state index in [1.807, 2.05) is 22.6 Å². The fourth-order valence-corrected chi connectivity index (χ4v) is 4.07. The average Bonchev–Trinajstić information content (AvgIpc) is 2.31. The standard InChI is InChI=1S/C12H14FIN2O3S/c13-8-1-2-11(10(14)5-8)16-12(17)6-9-7-20(18,19)4-3-15-9/h1-2,5,9,15H,3-4,6-7H2,(H,16,17). The lowest BCUT2D eigenvalue weighted by atomic mass is 10.2. The Hall–Kier alpha value is -0.740. The summed E-state index contributed by atoms with van der Waals surface area (Å²) in [5.41, 5.74) is 0.524. The number of anilines is 1. The predicted octanol–water partition coefficient (Wildman–Crippen LogP) is 1.15. The first-order valence-corrected chi connectivity index (χ1v) is 8.94. The van der Waals surface area contributed by atoms with E-state index in [4.69, 9.17) is 0 Å². The van der Waals surface area contributed by atoms with Crippen LogP contribution in [-0.2, 0) is 14.6 Å². The topological polar surface area (TPSA) is 75.3 Å². The van der Waals surface area contributed by atoms with Crippen molar-refractivity contribution in [2.24, 2.45) is 0 Å². The maximum absolute atomic E-state index is 12.9. The summed E-state index contributed by atoms with van der Waals surface area (Å²) in [6.45, 7) is 0.369. The Bertz CT molecular complexity index is 621. The van der Waals surface area contributed by atoms with E-state index < -0.39 is 9.84 Å². The summed E-state index contributed by atoms with van der Waals surface area (Å²) in [6, 6.07) is 3.70. The smallest absolute Gasteiger partial charge is 0.226 e. The Labute approximate surface area is 130 Å². The fourth-order valence-electron chi connectivity index (χ4n) is 2.01. The molecule has 20 heavy (non-hydrogen) atoms. The first-order chi connectivity index (χ1) is 9.35. The molecule has 1 aliphatic rings. The molecule has 0 aromatic heterocycles. The van der Waals surface area contributed by atoms with Crippen LogP contribution in [0.1, 0.15) is 6.42 Å². The van der Waals surface area contributed by atoms with Crippen LogP contribution in [0, 0.1) is 9.39 Å². The summed E-state index contributed by atoms with van der Waals surface area (Å²) in [7, 11) is -3.06. The van der Waals surface area contributed by atoms with Crippen LogP contribution in [0.3, 0.4) is 0 Å². The van der Waals surface area contributed by atoms with Crippen molar-refractivity contribution in [2.75, 3.05) is 23.4 Å². The number of benzene rings is 1. The molecule has 0 aliphatic carbocycles. The van der Waals surface area contributed by atoms with Crippen molar-refractivity contribution in [1.82, 2.24) is 5.32 Å². The molecule has 1 aromatic carbocycles. The van der Waals surface area contributed by atoms with Gasteiger partial charge in [0.1, 0.15) is 5.82 Å². The van der Waals surface area contributed by atoms with E-state index in [0.29, 0.717) is 15.8 Å². The van der Waals surface area contributed by atoms with E-state index in [1.54, 1.807) is 0 Å². The Morgan fingerprint density at radius 3 is 2.90 bits per heavy atom. The van der Waals surface area contributed by atoms with E-state index in [2.05, 4.69) is 10.6 Å². The molecule has 1 fully saturated rings. The van der Waals surface area contributed by atoms with E-state index in [0.717, 1.165) is 0 Å². The number of carbonyl (C=O) groups excluding carboxylic acids is 1. The molecule has 1 aromatic rings. The van der Waals surface area contributed by atoms with Gasteiger partial charge in [-0.15, -0.1) is 0 Å². The molecule has 0 spiro atoms. The number of carbonyl (C=O) groups is 1. The highest BCUT2D eigenvalue weighted by Crippen LogP contribution is 2.19. The number of halogens is 2. The average molecular weight is 412 g/mol. The van der Waals surface area contributed by atoms with Crippen LogP contribution in [0.4, 0.5) is 10.1 Å². The zero-order valence-electron chi connectivity index (χ0n) is 10.5. The van der Waals surface area contributed by atoms with Crippen molar-refractivity contribution < 1.29 is 17.6 Å². The quantitative estimate of drug-likeness (QED) is 0.731. The van der Waals surface area contributed by atoms with Gasteiger partial charge in [-0.25, -0.2) is 12.8 Å². The molecular formula is C12H14FIN2O3S. The zero-order chi connectivity index (χ0) is 14.8. The normalized spacial score (nSPS) is 21.4. The second-order valence-corrected chi connectivity index (χ2v) is 8.03. The van der Waals surface area contributed by atoms with E-state index in [-0.39, 0.29) is 35.7 Å². The van der Waals surface area contributed by atoms with Crippen LogP contribution in [0.25, 0.3) is 0 Å². The SMILES string of the molecule is O=C(CC1CS(=O)(=O)CCN1)Nc1ccc(F)cc1I. The highest BCUT2D eigenvalue weighted by molar-refractivity contribution is 14.1. The van der Waals surface area contributed by atoms with Crippen molar-refractivity contribution in [3.63, 3.8) is 0 Å². The second kappa shape index (κ2) is 6.35. The van der Waals surface area contributed by atoms with Crippen LogP contribution < -0.4 is 10.6 Å². The van der Waals surface area contributed by atoms with Crippen molar-refractivity contribution >= 4 is 44.0 Å². The van der Waals surface area contributed by atoms with Gasteiger partial charge in [-0.2, -0.15) is 0 Å². The number of hydrogen-bond acceptors (Lipinski definition) is 4. The van der Waals surface area contributed by atoms with Crippen LogP contribution in [0.15, 0.2) is 18.2 Å². The summed E-state index contributed by atoms with van der Waals surface area (Å²) < 4.78 is 36.5. The number of nitrogens with one attached hydrogen (secondary N) is 2. The molecule has 1 atom stereocenters. The molecule has 110 valence electrons. The Morgan fingerprint density at radius 2 is 2.25 bits per heavy atom. The minimum atomic E-state index is -3.06. The van der Waals surface area contributed by atoms with Gasteiger partial charge in [-0.3, -0.25) is 4.79 Å². The first kappa shape index (κ1) is 15.6. The van der Waals surface area contributed by atoms with Crippen LogP contribution >= 0.6 is 22.6 Å². The summed E-state index contributed by atoms with van der Waals surface area (Å²) in [6.07, 6.45) is 0.0761. The Morgan fingerprint density at radius 1 is 1.50 bits per heavy atom.